The first kappa shape index (κ1) is 14.8. The minimum atomic E-state index is -0.573. The molecule has 0 atom stereocenters. The summed E-state index contributed by atoms with van der Waals surface area (Å²) in [6, 6.07) is 10.5. The van der Waals surface area contributed by atoms with E-state index >= 15 is 0 Å². The number of methoxy groups -OCH3 is 1. The van der Waals surface area contributed by atoms with Crippen molar-refractivity contribution in [3.05, 3.63) is 63.9 Å². The van der Waals surface area contributed by atoms with Gasteiger partial charge in [-0.2, -0.15) is 0 Å². The maximum Gasteiger partial charge on any atom is 0.420 e. The van der Waals surface area contributed by atoms with Crippen LogP contribution < -0.4 is 10.5 Å². The molecule has 0 saturated heterocycles. The average molecular weight is 366 g/mol. The molecule has 0 aliphatic carbocycles. The van der Waals surface area contributed by atoms with E-state index in [4.69, 9.17) is 9.15 Å². The topological polar surface area (TPSA) is 44.4 Å². The number of alkyl halides is 1. The van der Waals surface area contributed by atoms with Gasteiger partial charge in [0, 0.05) is 10.9 Å². The van der Waals surface area contributed by atoms with Crippen LogP contribution in [0.1, 0.15) is 11.1 Å². The van der Waals surface area contributed by atoms with E-state index in [-0.39, 0.29) is 17.6 Å². The summed E-state index contributed by atoms with van der Waals surface area (Å²) >= 11 is 3.24. The Hall–Kier alpha value is -2.08. The molecule has 0 aliphatic rings. The van der Waals surface area contributed by atoms with E-state index in [1.807, 2.05) is 12.1 Å². The second kappa shape index (κ2) is 5.96. The third-order valence-electron chi connectivity index (χ3n) is 3.49. The van der Waals surface area contributed by atoms with Crippen molar-refractivity contribution in [1.82, 2.24) is 4.57 Å². The maximum absolute atomic E-state index is 14.5. The normalized spacial score (nSPS) is 11.0. The molecule has 0 unspecified atom stereocenters. The van der Waals surface area contributed by atoms with E-state index in [0.29, 0.717) is 10.9 Å². The van der Waals surface area contributed by atoms with Crippen LogP contribution in [-0.2, 0) is 11.9 Å². The summed E-state index contributed by atoms with van der Waals surface area (Å²) in [7, 11) is 1.58. The predicted molar refractivity (Wildman–Crippen MR) is 85.2 cm³/mol. The van der Waals surface area contributed by atoms with Crippen molar-refractivity contribution in [1.29, 1.82) is 0 Å². The number of benzene rings is 2. The maximum atomic E-state index is 14.5. The van der Waals surface area contributed by atoms with Gasteiger partial charge in [-0.1, -0.05) is 34.1 Å². The second-order valence-electron chi connectivity index (χ2n) is 4.82. The molecule has 0 N–H and O–H groups in total. The van der Waals surface area contributed by atoms with Crippen molar-refractivity contribution in [2.75, 3.05) is 7.11 Å². The van der Waals surface area contributed by atoms with Crippen LogP contribution in [0, 0.1) is 5.82 Å². The number of aromatic nitrogens is 1. The SMILES string of the molecule is COc1ccc(Cn2c(=O)oc3ccc(CBr)c(F)c32)cc1. The van der Waals surface area contributed by atoms with Gasteiger partial charge in [0.15, 0.2) is 11.4 Å². The molecule has 114 valence electrons. The fourth-order valence-electron chi connectivity index (χ4n) is 2.32. The first-order valence-corrected chi connectivity index (χ1v) is 7.76. The largest absolute Gasteiger partial charge is 0.497 e. The Labute approximate surface area is 134 Å². The van der Waals surface area contributed by atoms with Crippen LogP contribution in [0.25, 0.3) is 11.1 Å². The van der Waals surface area contributed by atoms with Gasteiger partial charge in [0.1, 0.15) is 11.3 Å². The van der Waals surface area contributed by atoms with Crippen molar-refractivity contribution < 1.29 is 13.5 Å². The van der Waals surface area contributed by atoms with E-state index in [9.17, 15) is 9.18 Å². The van der Waals surface area contributed by atoms with Crippen molar-refractivity contribution in [3.63, 3.8) is 0 Å². The molecule has 4 nitrogen and oxygen atoms in total. The van der Waals surface area contributed by atoms with Crippen LogP contribution in [0.2, 0.25) is 0 Å². The van der Waals surface area contributed by atoms with Crippen molar-refractivity contribution >= 4 is 27.0 Å². The Bertz CT molecular complexity index is 867. The Kier molecular flexibility index (Phi) is 4.02. The van der Waals surface area contributed by atoms with Gasteiger partial charge in [-0.05, 0) is 23.8 Å². The molecule has 0 amide bonds. The summed E-state index contributed by atoms with van der Waals surface area (Å²) in [5, 5.41) is 0.372. The molecule has 0 aliphatic heterocycles. The minimum absolute atomic E-state index is 0.192. The molecule has 2 aromatic carbocycles. The second-order valence-corrected chi connectivity index (χ2v) is 5.38. The van der Waals surface area contributed by atoms with Crippen molar-refractivity contribution in [2.45, 2.75) is 11.9 Å². The summed E-state index contributed by atoms with van der Waals surface area (Å²) < 4.78 is 26.0. The molecule has 0 fully saturated rings. The van der Waals surface area contributed by atoms with Gasteiger partial charge < -0.3 is 9.15 Å². The van der Waals surface area contributed by atoms with Gasteiger partial charge in [-0.25, -0.2) is 9.18 Å². The quantitative estimate of drug-likeness (QED) is 0.662. The zero-order valence-corrected chi connectivity index (χ0v) is 13.4. The highest BCUT2D eigenvalue weighted by Crippen LogP contribution is 2.23. The van der Waals surface area contributed by atoms with E-state index in [1.165, 1.54) is 4.57 Å². The number of rotatable bonds is 4. The van der Waals surface area contributed by atoms with Gasteiger partial charge in [-0.15, -0.1) is 0 Å². The zero-order valence-electron chi connectivity index (χ0n) is 11.8. The molecular weight excluding hydrogens is 353 g/mol. The highest BCUT2D eigenvalue weighted by molar-refractivity contribution is 9.08. The van der Waals surface area contributed by atoms with Crippen LogP contribution in [-0.4, -0.2) is 11.7 Å². The molecule has 6 heteroatoms. The summed E-state index contributed by atoms with van der Waals surface area (Å²) in [6.07, 6.45) is 0. The van der Waals surface area contributed by atoms with Crippen molar-refractivity contribution in [2.24, 2.45) is 0 Å². The molecule has 1 heterocycles. The number of hydrogen-bond donors (Lipinski definition) is 0. The van der Waals surface area contributed by atoms with Gasteiger partial charge in [0.2, 0.25) is 0 Å². The van der Waals surface area contributed by atoms with Crippen LogP contribution in [0.4, 0.5) is 4.39 Å². The Morgan fingerprint density at radius 1 is 1.23 bits per heavy atom. The number of oxazole rings is 1. The first-order valence-electron chi connectivity index (χ1n) is 6.63. The van der Waals surface area contributed by atoms with Crippen LogP contribution in [0.3, 0.4) is 0 Å². The van der Waals surface area contributed by atoms with E-state index in [1.54, 1.807) is 31.4 Å². The highest BCUT2D eigenvalue weighted by atomic mass is 79.9. The molecular formula is C16H13BrFNO3. The Morgan fingerprint density at radius 2 is 1.95 bits per heavy atom. The standard InChI is InChI=1S/C16H13BrFNO3/c1-21-12-5-2-10(3-6-12)9-19-15-13(22-16(19)20)7-4-11(8-17)14(15)18/h2-7H,8-9H2,1H3. The van der Waals surface area contributed by atoms with E-state index < -0.39 is 11.6 Å². The van der Waals surface area contributed by atoms with Crippen LogP contribution in [0.15, 0.2) is 45.6 Å². The first-order chi connectivity index (χ1) is 10.6. The molecule has 0 saturated carbocycles. The smallest absolute Gasteiger partial charge is 0.420 e. The fourth-order valence-corrected chi connectivity index (χ4v) is 2.76. The van der Waals surface area contributed by atoms with E-state index in [0.717, 1.165) is 11.3 Å². The zero-order chi connectivity index (χ0) is 15.7. The molecule has 0 radical (unpaired) electrons. The molecule has 0 spiro atoms. The van der Waals surface area contributed by atoms with Gasteiger partial charge in [0.05, 0.1) is 13.7 Å². The number of fused-ring (bicyclic) bond motifs is 1. The molecule has 1 aromatic heterocycles. The van der Waals surface area contributed by atoms with Crippen LogP contribution >= 0.6 is 15.9 Å². The molecule has 3 rings (SSSR count). The lowest BCUT2D eigenvalue weighted by Gasteiger charge is -2.06. The lowest BCUT2D eigenvalue weighted by Crippen LogP contribution is -2.15. The van der Waals surface area contributed by atoms with Gasteiger partial charge >= 0.3 is 5.76 Å². The average Bonchev–Trinajstić information content (AvgIpc) is 2.85. The number of hydrogen-bond acceptors (Lipinski definition) is 3. The molecule has 3 aromatic rings. The van der Waals surface area contributed by atoms with Crippen molar-refractivity contribution in [3.8, 4) is 5.75 Å². The third kappa shape index (κ3) is 2.54. The Balaban J connectivity index is 2.09. The highest BCUT2D eigenvalue weighted by Gasteiger charge is 2.16. The lowest BCUT2D eigenvalue weighted by atomic mass is 10.2. The molecule has 22 heavy (non-hydrogen) atoms. The third-order valence-corrected chi connectivity index (χ3v) is 4.09. The molecule has 0 bridgehead atoms. The van der Waals surface area contributed by atoms with E-state index in [2.05, 4.69) is 15.9 Å². The summed E-state index contributed by atoms with van der Waals surface area (Å²) in [6.45, 7) is 0.235. The lowest BCUT2D eigenvalue weighted by molar-refractivity contribution is 0.414. The summed E-state index contributed by atoms with van der Waals surface area (Å²) in [5.41, 5.74) is 1.78. The Morgan fingerprint density at radius 3 is 2.59 bits per heavy atom. The van der Waals surface area contributed by atoms with Crippen LogP contribution in [0.5, 0.6) is 5.75 Å². The predicted octanol–water partition coefficient (Wildman–Crippen LogP) is 3.69. The summed E-state index contributed by atoms with van der Waals surface area (Å²) in [4.78, 5) is 12.0. The monoisotopic (exact) mass is 365 g/mol. The van der Waals surface area contributed by atoms with Gasteiger partial charge in [0.25, 0.3) is 0 Å². The number of ether oxygens (including phenoxy) is 1. The number of nitrogens with zero attached hydrogens (tertiary/aromatic N) is 1. The minimum Gasteiger partial charge on any atom is -0.497 e. The summed E-state index contributed by atoms with van der Waals surface area (Å²) in [5.74, 6) is -0.286. The number of halogens is 2. The van der Waals surface area contributed by atoms with Gasteiger partial charge in [-0.3, -0.25) is 4.57 Å². The fraction of sp³-hybridized carbons (Fsp3) is 0.188.